The Labute approximate surface area is 224 Å². The van der Waals surface area contributed by atoms with E-state index in [4.69, 9.17) is 14.9 Å². The van der Waals surface area contributed by atoms with Gasteiger partial charge in [0.2, 0.25) is 11.8 Å². The molecule has 1 aliphatic carbocycles. The lowest BCUT2D eigenvalue weighted by molar-refractivity contribution is -0.132. The normalized spacial score (nSPS) is 16.4. The van der Waals surface area contributed by atoms with Crippen molar-refractivity contribution in [2.45, 2.75) is 44.9 Å². The molecule has 2 fully saturated rings. The fraction of sp³-hybridized carbons (Fsp3) is 0.520. The van der Waals surface area contributed by atoms with Crippen LogP contribution in [0, 0.1) is 5.92 Å². The van der Waals surface area contributed by atoms with Crippen LogP contribution in [0.3, 0.4) is 0 Å². The van der Waals surface area contributed by atoms with Crippen LogP contribution in [0.15, 0.2) is 22.6 Å². The van der Waals surface area contributed by atoms with Crippen LogP contribution in [0.2, 0.25) is 0 Å². The zero-order valence-electron chi connectivity index (χ0n) is 22.0. The molecule has 1 saturated carbocycles. The van der Waals surface area contributed by atoms with Gasteiger partial charge in [0.25, 0.3) is 5.91 Å². The zero-order chi connectivity index (χ0) is 28.7. The van der Waals surface area contributed by atoms with E-state index in [0.717, 1.165) is 12.8 Å². The maximum Gasteiger partial charge on any atom is 0.404 e. The van der Waals surface area contributed by atoms with Crippen LogP contribution in [-0.2, 0) is 16.1 Å². The van der Waals surface area contributed by atoms with Gasteiger partial charge in [0.1, 0.15) is 6.04 Å². The van der Waals surface area contributed by atoms with E-state index in [1.807, 2.05) is 0 Å². The second-order valence-corrected chi connectivity index (χ2v) is 9.20. The zero-order valence-corrected chi connectivity index (χ0v) is 22.0. The van der Waals surface area contributed by atoms with Gasteiger partial charge in [-0.1, -0.05) is 0 Å². The van der Waals surface area contributed by atoms with Crippen molar-refractivity contribution in [3.05, 3.63) is 29.7 Å². The molecule has 39 heavy (non-hydrogen) atoms. The minimum absolute atomic E-state index is 0.0318. The Balaban J connectivity index is 0.000000771. The van der Waals surface area contributed by atoms with Crippen molar-refractivity contribution in [3.8, 4) is 23.0 Å². The summed E-state index contributed by atoms with van der Waals surface area (Å²) in [6.07, 6.45) is 2.59. The molecule has 2 aromatic rings. The van der Waals surface area contributed by atoms with Crippen LogP contribution in [0.4, 0.5) is 13.6 Å². The van der Waals surface area contributed by atoms with E-state index in [1.165, 1.54) is 35.1 Å². The predicted molar refractivity (Wildman–Crippen MR) is 134 cm³/mol. The number of benzene rings is 1. The maximum atomic E-state index is 13.3. The molecule has 2 aliphatic rings. The number of likely N-dealkylation sites (N-methyl/N-ethyl adjacent to an activating group) is 1. The second kappa shape index (κ2) is 13.2. The molecule has 12 nitrogen and oxygen atoms in total. The van der Waals surface area contributed by atoms with Crippen LogP contribution < -0.4 is 20.9 Å². The van der Waals surface area contributed by atoms with Crippen molar-refractivity contribution >= 4 is 17.9 Å². The van der Waals surface area contributed by atoms with E-state index in [9.17, 15) is 23.2 Å². The first-order chi connectivity index (χ1) is 18.5. The van der Waals surface area contributed by atoms with Gasteiger partial charge in [-0.25, -0.2) is 9.78 Å². The quantitative estimate of drug-likeness (QED) is 0.475. The van der Waals surface area contributed by atoms with E-state index in [1.54, 1.807) is 14.1 Å². The lowest BCUT2D eigenvalue weighted by atomic mass is 10.2. The molecule has 1 aromatic carbocycles. The number of alkyl halides is 2. The van der Waals surface area contributed by atoms with E-state index in [-0.39, 0.29) is 41.3 Å². The number of nitrogens with two attached hydrogens (primary N) is 2. The Morgan fingerprint density at radius 2 is 1.90 bits per heavy atom. The third kappa shape index (κ3) is 7.78. The largest absolute Gasteiger partial charge is 0.489 e. The van der Waals surface area contributed by atoms with Gasteiger partial charge in [-0.05, 0) is 49.8 Å². The average molecular weight is 554 g/mol. The summed E-state index contributed by atoms with van der Waals surface area (Å²) >= 11 is 0. The number of aromatic nitrogens is 1. The van der Waals surface area contributed by atoms with Crippen LogP contribution >= 0.6 is 0 Å². The lowest BCUT2D eigenvalue weighted by Crippen LogP contribution is -2.45. The topological polar surface area (TPSA) is 163 Å². The monoisotopic (exact) mass is 553 g/mol. The Kier molecular flexibility index (Phi) is 10.0. The molecule has 0 bridgehead atoms. The van der Waals surface area contributed by atoms with Gasteiger partial charge >= 0.3 is 12.7 Å². The summed E-state index contributed by atoms with van der Waals surface area (Å²) in [6, 6.07) is 3.77. The SMILES string of the molecule is CN(C)C(=O)C1CCCN1C(=O)c1nc(-c2ccc(OC(F)F)c(OCC3CC3)c2)oc1CN.COC(N)=O. The summed E-state index contributed by atoms with van der Waals surface area (Å²) in [7, 11) is 4.52. The average Bonchev–Trinajstić information content (AvgIpc) is 3.43. The first-order valence-corrected chi connectivity index (χ1v) is 12.3. The summed E-state index contributed by atoms with van der Waals surface area (Å²) in [5, 5.41) is 0. The van der Waals surface area contributed by atoms with Crippen molar-refractivity contribution in [2.75, 3.05) is 34.4 Å². The number of hydrogen-bond acceptors (Lipinski definition) is 9. The first-order valence-electron chi connectivity index (χ1n) is 12.3. The molecule has 1 aromatic heterocycles. The number of likely N-dealkylation sites (tertiary alicyclic amines) is 1. The molecule has 14 heteroatoms. The molecule has 4 rings (SSSR count). The summed E-state index contributed by atoms with van der Waals surface area (Å²) < 4.78 is 45.6. The van der Waals surface area contributed by atoms with Gasteiger partial charge in [0.15, 0.2) is 23.0 Å². The number of hydrogen-bond donors (Lipinski definition) is 2. The van der Waals surface area contributed by atoms with E-state index in [0.29, 0.717) is 37.5 Å². The van der Waals surface area contributed by atoms with E-state index >= 15 is 0 Å². The van der Waals surface area contributed by atoms with Crippen LogP contribution in [0.1, 0.15) is 41.9 Å². The molecule has 1 atom stereocenters. The Hall–Kier alpha value is -3.94. The van der Waals surface area contributed by atoms with Gasteiger partial charge in [-0.3, -0.25) is 9.59 Å². The van der Waals surface area contributed by atoms with E-state index < -0.39 is 24.7 Å². The summed E-state index contributed by atoms with van der Waals surface area (Å²) in [5.41, 5.74) is 10.7. The molecule has 0 spiro atoms. The number of primary amides is 1. The molecule has 214 valence electrons. The Bertz CT molecular complexity index is 1170. The van der Waals surface area contributed by atoms with Gasteiger partial charge in [0.05, 0.1) is 20.3 Å². The van der Waals surface area contributed by atoms with E-state index in [2.05, 4.69) is 20.2 Å². The first kappa shape index (κ1) is 29.6. The molecule has 2 heterocycles. The third-order valence-electron chi connectivity index (χ3n) is 6.10. The van der Waals surface area contributed by atoms with Gasteiger partial charge < -0.3 is 39.9 Å². The van der Waals surface area contributed by atoms with Crippen LogP contribution in [0.25, 0.3) is 11.5 Å². The number of amides is 3. The maximum absolute atomic E-state index is 13.3. The molecule has 4 N–H and O–H groups in total. The number of ether oxygens (including phenoxy) is 3. The molecular weight excluding hydrogens is 520 g/mol. The number of nitrogens with zero attached hydrogens (tertiary/aromatic N) is 3. The summed E-state index contributed by atoms with van der Waals surface area (Å²) in [6.45, 7) is -2.26. The number of halogens is 2. The third-order valence-corrected chi connectivity index (χ3v) is 6.10. The van der Waals surface area contributed by atoms with Crippen LogP contribution in [-0.4, -0.2) is 79.7 Å². The number of carbonyl (C=O) groups is 3. The summed E-state index contributed by atoms with van der Waals surface area (Å²) in [5.74, 6) is 0.127. The Morgan fingerprint density at radius 1 is 1.21 bits per heavy atom. The van der Waals surface area contributed by atoms with Crippen molar-refractivity contribution in [2.24, 2.45) is 17.4 Å². The second-order valence-electron chi connectivity index (χ2n) is 9.20. The smallest absolute Gasteiger partial charge is 0.404 e. The fourth-order valence-corrected chi connectivity index (χ4v) is 3.92. The number of rotatable bonds is 9. The van der Waals surface area contributed by atoms with Crippen molar-refractivity contribution < 1.29 is 41.8 Å². The minimum Gasteiger partial charge on any atom is -0.489 e. The molecule has 1 unspecified atom stereocenters. The van der Waals surface area contributed by atoms with Crippen LogP contribution in [0.5, 0.6) is 11.5 Å². The minimum atomic E-state index is -3.00. The van der Waals surface area contributed by atoms with Crippen molar-refractivity contribution in [1.82, 2.24) is 14.8 Å². The van der Waals surface area contributed by atoms with Gasteiger partial charge in [-0.15, -0.1) is 0 Å². The molecule has 1 aliphatic heterocycles. The molecule has 3 amide bonds. The number of methoxy groups -OCH3 is 1. The Morgan fingerprint density at radius 3 is 2.46 bits per heavy atom. The highest BCUT2D eigenvalue weighted by Crippen LogP contribution is 2.37. The number of carbonyl (C=O) groups excluding carboxylic acids is 3. The van der Waals surface area contributed by atoms with Crippen molar-refractivity contribution in [1.29, 1.82) is 0 Å². The van der Waals surface area contributed by atoms with Gasteiger partial charge in [0, 0.05) is 26.2 Å². The highest BCUT2D eigenvalue weighted by Gasteiger charge is 2.37. The highest BCUT2D eigenvalue weighted by molar-refractivity contribution is 5.97. The molecular formula is C25H33F2N5O7. The predicted octanol–water partition coefficient (Wildman–Crippen LogP) is 2.59. The molecule has 0 radical (unpaired) electrons. The lowest BCUT2D eigenvalue weighted by Gasteiger charge is -2.25. The number of oxazole rings is 1. The summed E-state index contributed by atoms with van der Waals surface area (Å²) in [4.78, 5) is 42.5. The van der Waals surface area contributed by atoms with Crippen molar-refractivity contribution in [3.63, 3.8) is 0 Å². The standard InChI is InChI=1S/C23H28F2N4O5.C2H5NO2/c1-28(2)21(30)15-4-3-9-29(15)22(31)19-18(11-26)33-20(27-19)14-7-8-16(34-23(24)25)17(10-14)32-12-13-5-6-13;1-5-2(3)4/h7-8,10,13,15,23H,3-6,9,11-12,26H2,1-2H3;1H3,(H2,3,4). The van der Waals surface area contributed by atoms with Gasteiger partial charge in [-0.2, -0.15) is 8.78 Å². The highest BCUT2D eigenvalue weighted by atomic mass is 19.3. The molecule has 1 saturated heterocycles. The fourth-order valence-electron chi connectivity index (χ4n) is 3.92.